The lowest BCUT2D eigenvalue weighted by molar-refractivity contribution is -0.145. The number of anilines is 1. The third-order valence-electron chi connectivity index (χ3n) is 7.26. The van der Waals surface area contributed by atoms with E-state index >= 15 is 0 Å². The molecule has 41 heavy (non-hydrogen) atoms. The average molecular weight is 576 g/mol. The van der Waals surface area contributed by atoms with Gasteiger partial charge in [-0.25, -0.2) is 4.79 Å². The van der Waals surface area contributed by atoms with Gasteiger partial charge in [0.15, 0.2) is 0 Å². The summed E-state index contributed by atoms with van der Waals surface area (Å²) < 4.78 is 5.49. The lowest BCUT2D eigenvalue weighted by Crippen LogP contribution is -2.57. The van der Waals surface area contributed by atoms with Crippen LogP contribution in [0.5, 0.6) is 0 Å². The van der Waals surface area contributed by atoms with Crippen molar-refractivity contribution in [3.63, 3.8) is 0 Å². The topological polar surface area (TPSA) is 87.7 Å². The highest BCUT2D eigenvalue weighted by atomic mass is 32.2. The normalized spacial score (nSPS) is 15.0. The Kier molecular flexibility index (Phi) is 9.97. The van der Waals surface area contributed by atoms with Crippen LogP contribution in [-0.4, -0.2) is 52.5 Å². The van der Waals surface area contributed by atoms with Crippen molar-refractivity contribution >= 4 is 46.1 Å². The SMILES string of the molecule is CSCCC(NC(=O)OC(C)(C)C)C(=O)N(C1CCC1)C(C(=O)Nc1ccc2ccccc2c1)c1ccc(C)cc1. The minimum Gasteiger partial charge on any atom is -0.444 e. The molecule has 0 radical (unpaired) electrons. The van der Waals surface area contributed by atoms with Crippen molar-refractivity contribution in [1.29, 1.82) is 0 Å². The van der Waals surface area contributed by atoms with E-state index in [0.29, 0.717) is 17.9 Å². The Morgan fingerprint density at radius 1 is 1.00 bits per heavy atom. The zero-order chi connectivity index (χ0) is 29.6. The van der Waals surface area contributed by atoms with Crippen LogP contribution in [0.25, 0.3) is 10.8 Å². The second-order valence-corrected chi connectivity index (χ2v) is 12.7. The number of nitrogens with one attached hydrogen (secondary N) is 2. The first-order valence-corrected chi connectivity index (χ1v) is 15.6. The molecular weight excluding hydrogens is 534 g/mol. The predicted octanol–water partition coefficient (Wildman–Crippen LogP) is 6.86. The first kappa shape index (κ1) is 30.4. The number of hydrogen-bond acceptors (Lipinski definition) is 5. The lowest BCUT2D eigenvalue weighted by Gasteiger charge is -2.43. The summed E-state index contributed by atoms with van der Waals surface area (Å²) in [4.78, 5) is 43.0. The highest BCUT2D eigenvalue weighted by Gasteiger charge is 2.42. The number of hydrogen-bond donors (Lipinski definition) is 2. The van der Waals surface area contributed by atoms with Crippen LogP contribution >= 0.6 is 11.8 Å². The van der Waals surface area contributed by atoms with E-state index in [0.717, 1.165) is 41.2 Å². The molecule has 2 N–H and O–H groups in total. The van der Waals surface area contributed by atoms with Crippen LogP contribution in [0.3, 0.4) is 0 Å². The monoisotopic (exact) mass is 575 g/mol. The van der Waals surface area contributed by atoms with E-state index in [-0.39, 0.29) is 17.9 Å². The first-order valence-electron chi connectivity index (χ1n) is 14.2. The number of ether oxygens (including phenoxy) is 1. The van der Waals surface area contributed by atoms with E-state index in [1.165, 1.54) is 0 Å². The smallest absolute Gasteiger partial charge is 0.408 e. The molecular formula is C33H41N3O4S. The molecule has 3 aromatic rings. The van der Waals surface area contributed by atoms with Crippen LogP contribution in [-0.2, 0) is 14.3 Å². The van der Waals surface area contributed by atoms with Gasteiger partial charge in [-0.15, -0.1) is 0 Å². The second kappa shape index (κ2) is 13.4. The lowest BCUT2D eigenvalue weighted by atomic mass is 9.87. The van der Waals surface area contributed by atoms with Crippen LogP contribution in [0.15, 0.2) is 66.7 Å². The maximum absolute atomic E-state index is 14.4. The molecule has 2 atom stereocenters. The van der Waals surface area contributed by atoms with E-state index in [2.05, 4.69) is 10.6 Å². The van der Waals surface area contributed by atoms with Gasteiger partial charge in [-0.05, 0) is 93.9 Å². The van der Waals surface area contributed by atoms with E-state index < -0.39 is 23.8 Å². The minimum absolute atomic E-state index is 0.103. The number of nitrogens with zero attached hydrogens (tertiary/aromatic N) is 1. The molecule has 0 aromatic heterocycles. The molecule has 8 heteroatoms. The second-order valence-electron chi connectivity index (χ2n) is 11.7. The summed E-state index contributed by atoms with van der Waals surface area (Å²) in [6.45, 7) is 7.36. The summed E-state index contributed by atoms with van der Waals surface area (Å²) in [5.74, 6) is 0.113. The zero-order valence-corrected chi connectivity index (χ0v) is 25.4. The summed E-state index contributed by atoms with van der Waals surface area (Å²) in [7, 11) is 0. The molecule has 0 bridgehead atoms. The Morgan fingerprint density at radius 3 is 2.29 bits per heavy atom. The average Bonchev–Trinajstić information content (AvgIpc) is 2.89. The van der Waals surface area contributed by atoms with Crippen molar-refractivity contribution in [2.45, 2.75) is 77.1 Å². The fourth-order valence-corrected chi connectivity index (χ4v) is 5.44. The predicted molar refractivity (Wildman–Crippen MR) is 167 cm³/mol. The van der Waals surface area contributed by atoms with Gasteiger partial charge in [-0.3, -0.25) is 9.59 Å². The van der Waals surface area contributed by atoms with Crippen LogP contribution < -0.4 is 10.6 Å². The molecule has 1 fully saturated rings. The van der Waals surface area contributed by atoms with Crippen molar-refractivity contribution < 1.29 is 19.1 Å². The van der Waals surface area contributed by atoms with Crippen LogP contribution in [0, 0.1) is 6.92 Å². The maximum atomic E-state index is 14.4. The third kappa shape index (κ3) is 8.03. The Balaban J connectivity index is 1.69. The fourth-order valence-electron chi connectivity index (χ4n) is 4.97. The fraction of sp³-hybridized carbons (Fsp3) is 0.424. The third-order valence-corrected chi connectivity index (χ3v) is 7.90. The van der Waals surface area contributed by atoms with Crippen molar-refractivity contribution in [3.8, 4) is 0 Å². The van der Waals surface area contributed by atoms with E-state index in [4.69, 9.17) is 4.74 Å². The molecule has 2 unspecified atom stereocenters. The molecule has 218 valence electrons. The summed E-state index contributed by atoms with van der Waals surface area (Å²) >= 11 is 1.60. The summed E-state index contributed by atoms with van der Waals surface area (Å²) in [5, 5.41) is 8.01. The Labute approximate surface area is 247 Å². The number of thioether (sulfide) groups is 1. The minimum atomic E-state index is -0.864. The number of rotatable bonds is 10. The highest BCUT2D eigenvalue weighted by Crippen LogP contribution is 2.35. The van der Waals surface area contributed by atoms with E-state index in [9.17, 15) is 14.4 Å². The van der Waals surface area contributed by atoms with Crippen LogP contribution in [0.1, 0.15) is 63.6 Å². The number of benzene rings is 3. The molecule has 7 nitrogen and oxygen atoms in total. The van der Waals surface area contributed by atoms with Gasteiger partial charge in [0.2, 0.25) is 5.91 Å². The Morgan fingerprint density at radius 2 is 1.68 bits per heavy atom. The number of amides is 3. The van der Waals surface area contributed by atoms with E-state index in [1.807, 2.05) is 79.9 Å². The molecule has 4 rings (SSSR count). The first-order chi connectivity index (χ1) is 19.6. The van der Waals surface area contributed by atoms with Crippen molar-refractivity contribution in [2.75, 3.05) is 17.3 Å². The van der Waals surface area contributed by atoms with Gasteiger partial charge in [-0.2, -0.15) is 11.8 Å². The summed E-state index contributed by atoms with van der Waals surface area (Å²) in [6.07, 6.45) is 4.34. The summed E-state index contributed by atoms with van der Waals surface area (Å²) in [5.41, 5.74) is 1.76. The molecule has 0 aliphatic heterocycles. The molecule has 1 aliphatic carbocycles. The van der Waals surface area contributed by atoms with Gasteiger partial charge in [0.1, 0.15) is 17.7 Å². The molecule has 1 aliphatic rings. The van der Waals surface area contributed by atoms with Crippen LogP contribution in [0.2, 0.25) is 0 Å². The number of carbonyl (C=O) groups excluding carboxylic acids is 3. The quantitative estimate of drug-likeness (QED) is 0.276. The standard InChI is InChI=1S/C33H41N3O4S/c1-22-13-15-24(16-14-22)29(30(37)34-26-18-17-23-9-6-7-10-25(23)21-26)36(27-11-8-12-27)31(38)28(19-20-41-5)35-32(39)40-33(2,3)4/h6-7,9-10,13-18,21,27-29H,8,11-12,19-20H2,1-5H3,(H,34,37)(H,35,39). The van der Waals surface area contributed by atoms with Crippen LogP contribution in [0.4, 0.5) is 10.5 Å². The summed E-state index contributed by atoms with van der Waals surface area (Å²) in [6, 6.07) is 19.7. The van der Waals surface area contributed by atoms with Gasteiger partial charge in [-0.1, -0.05) is 60.2 Å². The zero-order valence-electron chi connectivity index (χ0n) is 24.6. The molecule has 3 amide bonds. The van der Waals surface area contributed by atoms with Crippen molar-refractivity contribution in [2.24, 2.45) is 0 Å². The maximum Gasteiger partial charge on any atom is 0.408 e. The van der Waals surface area contributed by atoms with Gasteiger partial charge in [0.25, 0.3) is 5.91 Å². The molecule has 0 spiro atoms. The van der Waals surface area contributed by atoms with Gasteiger partial charge in [0.05, 0.1) is 0 Å². The van der Waals surface area contributed by atoms with Gasteiger partial charge >= 0.3 is 6.09 Å². The van der Waals surface area contributed by atoms with Gasteiger partial charge < -0.3 is 20.3 Å². The number of aryl methyl sites for hydroxylation is 1. The van der Waals surface area contributed by atoms with Gasteiger partial charge in [0, 0.05) is 11.7 Å². The molecule has 1 saturated carbocycles. The highest BCUT2D eigenvalue weighted by molar-refractivity contribution is 7.98. The van der Waals surface area contributed by atoms with Crippen molar-refractivity contribution in [1.82, 2.24) is 10.2 Å². The van der Waals surface area contributed by atoms with Crippen molar-refractivity contribution in [3.05, 3.63) is 77.9 Å². The molecule has 0 heterocycles. The Bertz CT molecular complexity index is 1360. The number of fused-ring (bicyclic) bond motifs is 1. The number of carbonyl (C=O) groups is 3. The van der Waals surface area contributed by atoms with E-state index in [1.54, 1.807) is 37.4 Å². The number of alkyl carbamates (subject to hydrolysis) is 1. The molecule has 3 aromatic carbocycles. The Hall–Kier alpha value is -3.52. The largest absolute Gasteiger partial charge is 0.444 e. The molecule has 0 saturated heterocycles.